The lowest BCUT2D eigenvalue weighted by Crippen LogP contribution is -2.41. The third-order valence-electron chi connectivity index (χ3n) is 6.83. The van der Waals surface area contributed by atoms with Crippen LogP contribution in [0.5, 0.6) is 0 Å². The van der Waals surface area contributed by atoms with Gasteiger partial charge in [0.1, 0.15) is 31.0 Å². The molecule has 180 valence electrons. The molecule has 1 fully saturated rings. The van der Waals surface area contributed by atoms with E-state index in [-0.39, 0.29) is 5.82 Å². The van der Waals surface area contributed by atoms with E-state index in [1.54, 1.807) is 23.1 Å². The summed E-state index contributed by atoms with van der Waals surface area (Å²) in [6, 6.07) is 15.2. The van der Waals surface area contributed by atoms with E-state index >= 15 is 0 Å². The number of likely N-dealkylation sites (N-methyl/N-ethyl adjacent to an activating group) is 1. The maximum atomic E-state index is 13.5. The fourth-order valence-corrected chi connectivity index (χ4v) is 4.99. The van der Waals surface area contributed by atoms with Crippen molar-refractivity contribution in [3.05, 3.63) is 84.3 Å². The Labute approximate surface area is 203 Å². The smallest absolute Gasteiger partial charge is 0.138 e. The van der Waals surface area contributed by atoms with Crippen LogP contribution in [0.3, 0.4) is 0 Å². The predicted octanol–water partition coefficient (Wildman–Crippen LogP) is 4.00. The van der Waals surface area contributed by atoms with Crippen molar-refractivity contribution in [2.24, 2.45) is 0 Å². The quantitative estimate of drug-likeness (QED) is 0.457. The molecule has 1 saturated heterocycles. The summed E-state index contributed by atoms with van der Waals surface area (Å²) in [6.07, 6.45) is 6.57. The van der Waals surface area contributed by atoms with Gasteiger partial charge in [-0.05, 0) is 62.0 Å². The summed E-state index contributed by atoms with van der Waals surface area (Å²) in [5.74, 6) is 0.725. The number of benzene rings is 2. The van der Waals surface area contributed by atoms with Gasteiger partial charge in [0.05, 0.1) is 18.0 Å². The van der Waals surface area contributed by atoms with E-state index in [1.807, 2.05) is 12.1 Å². The molecule has 2 aliphatic rings. The molecule has 0 aliphatic carbocycles. The molecule has 0 amide bonds. The van der Waals surface area contributed by atoms with Gasteiger partial charge in [0.15, 0.2) is 0 Å². The number of rotatable bonds is 6. The van der Waals surface area contributed by atoms with Crippen molar-refractivity contribution in [2.45, 2.75) is 25.6 Å². The minimum atomic E-state index is -0.250. The molecule has 2 aromatic carbocycles. The Morgan fingerprint density at radius 1 is 1.11 bits per heavy atom. The average Bonchev–Trinajstić information content (AvgIpc) is 3.62. The lowest BCUT2D eigenvalue weighted by atomic mass is 10.1. The van der Waals surface area contributed by atoms with Gasteiger partial charge in [0.25, 0.3) is 0 Å². The van der Waals surface area contributed by atoms with Crippen LogP contribution in [0.15, 0.2) is 67.4 Å². The van der Waals surface area contributed by atoms with Gasteiger partial charge in [-0.2, -0.15) is 5.10 Å². The average molecular weight is 474 g/mol. The first-order valence-electron chi connectivity index (χ1n) is 11.9. The highest BCUT2D eigenvalue weighted by Gasteiger charge is 2.32. The first-order chi connectivity index (χ1) is 17.1. The standard InChI is InChI=1S/C26H28FN7O/c1-31-11-10-23(13-31)33-18-35-15-24-25(33)14-32(26(24)30-21-6-4-20(27)5-7-21)12-19-2-8-22(9-3-19)34-17-28-16-29-34/h2-9,14,16-17,23,30H,10-13,15,18H2,1H3. The van der Waals surface area contributed by atoms with Crippen molar-refractivity contribution in [3.63, 3.8) is 0 Å². The maximum Gasteiger partial charge on any atom is 0.138 e. The molecule has 0 spiro atoms. The second-order valence-electron chi connectivity index (χ2n) is 9.26. The minimum Gasteiger partial charge on any atom is -0.356 e. The summed E-state index contributed by atoms with van der Waals surface area (Å²) >= 11 is 0. The molecular formula is C26H28FN7O. The third kappa shape index (κ3) is 4.40. The van der Waals surface area contributed by atoms with Crippen molar-refractivity contribution in [1.29, 1.82) is 0 Å². The van der Waals surface area contributed by atoms with Crippen molar-refractivity contribution in [3.8, 4) is 5.69 Å². The topological polar surface area (TPSA) is 63.4 Å². The van der Waals surface area contributed by atoms with Gasteiger partial charge in [0, 0.05) is 36.6 Å². The Morgan fingerprint density at radius 3 is 2.66 bits per heavy atom. The van der Waals surface area contributed by atoms with Crippen LogP contribution in [-0.2, 0) is 17.9 Å². The van der Waals surface area contributed by atoms with Crippen LogP contribution in [0, 0.1) is 5.82 Å². The first-order valence-corrected chi connectivity index (χ1v) is 11.9. The maximum absolute atomic E-state index is 13.5. The van der Waals surface area contributed by atoms with E-state index in [0.717, 1.165) is 47.8 Å². The van der Waals surface area contributed by atoms with E-state index < -0.39 is 0 Å². The van der Waals surface area contributed by atoms with Gasteiger partial charge in [-0.3, -0.25) is 0 Å². The molecule has 0 saturated carbocycles. The number of likely N-dealkylation sites (tertiary alicyclic amines) is 1. The van der Waals surface area contributed by atoms with Gasteiger partial charge >= 0.3 is 0 Å². The van der Waals surface area contributed by atoms with Crippen LogP contribution >= 0.6 is 0 Å². The van der Waals surface area contributed by atoms with E-state index in [2.05, 4.69) is 55.1 Å². The highest BCUT2D eigenvalue weighted by atomic mass is 19.1. The Balaban J connectivity index is 1.34. The van der Waals surface area contributed by atoms with Crippen molar-refractivity contribution < 1.29 is 9.13 Å². The summed E-state index contributed by atoms with van der Waals surface area (Å²) in [5, 5.41) is 7.74. The molecule has 0 bridgehead atoms. The monoisotopic (exact) mass is 473 g/mol. The molecule has 6 rings (SSSR count). The summed E-state index contributed by atoms with van der Waals surface area (Å²) in [6.45, 7) is 3.94. The molecule has 1 N–H and O–H groups in total. The summed E-state index contributed by atoms with van der Waals surface area (Å²) in [4.78, 5) is 8.78. The normalized spacial score (nSPS) is 18.1. The number of ether oxygens (including phenoxy) is 1. The summed E-state index contributed by atoms with van der Waals surface area (Å²) < 4.78 is 23.6. The Hall–Kier alpha value is -3.69. The number of fused-ring (bicyclic) bond motifs is 1. The number of aromatic nitrogens is 4. The lowest BCUT2D eigenvalue weighted by Gasteiger charge is -2.34. The minimum absolute atomic E-state index is 0.250. The number of halogens is 1. The highest BCUT2D eigenvalue weighted by Crippen LogP contribution is 2.38. The fraction of sp³-hybridized carbons (Fsp3) is 0.308. The molecule has 4 heterocycles. The largest absolute Gasteiger partial charge is 0.356 e. The second-order valence-corrected chi connectivity index (χ2v) is 9.26. The van der Waals surface area contributed by atoms with Gasteiger partial charge in [-0.15, -0.1) is 0 Å². The number of hydrogen-bond donors (Lipinski definition) is 1. The molecular weight excluding hydrogens is 445 g/mol. The SMILES string of the molecule is CN1CCC(N2COCc3c2cn(Cc2ccc(-n4cncn4)cc2)c3Nc2ccc(F)cc2)C1. The molecule has 9 heteroatoms. The van der Waals surface area contributed by atoms with Gasteiger partial charge < -0.3 is 24.4 Å². The van der Waals surface area contributed by atoms with E-state index in [0.29, 0.717) is 25.9 Å². The van der Waals surface area contributed by atoms with Crippen LogP contribution in [-0.4, -0.2) is 57.1 Å². The molecule has 0 radical (unpaired) electrons. The third-order valence-corrected chi connectivity index (χ3v) is 6.83. The molecule has 35 heavy (non-hydrogen) atoms. The van der Waals surface area contributed by atoms with Gasteiger partial charge in [0.2, 0.25) is 0 Å². The Bertz CT molecular complexity index is 1280. The lowest BCUT2D eigenvalue weighted by molar-refractivity contribution is 0.105. The Morgan fingerprint density at radius 2 is 1.94 bits per heavy atom. The van der Waals surface area contributed by atoms with Gasteiger partial charge in [-0.1, -0.05) is 12.1 Å². The van der Waals surface area contributed by atoms with Crippen LogP contribution in [0.4, 0.5) is 21.6 Å². The van der Waals surface area contributed by atoms with Crippen LogP contribution in [0.1, 0.15) is 17.5 Å². The van der Waals surface area contributed by atoms with Crippen LogP contribution in [0.2, 0.25) is 0 Å². The second kappa shape index (κ2) is 9.16. The zero-order valence-corrected chi connectivity index (χ0v) is 19.6. The number of anilines is 3. The van der Waals surface area contributed by atoms with Crippen molar-refractivity contribution in [1.82, 2.24) is 24.2 Å². The first kappa shape index (κ1) is 21.8. The van der Waals surface area contributed by atoms with Crippen molar-refractivity contribution in [2.75, 3.05) is 37.1 Å². The number of nitrogens with one attached hydrogen (secondary N) is 1. The van der Waals surface area contributed by atoms with E-state index in [1.165, 1.54) is 24.1 Å². The molecule has 2 aromatic heterocycles. The summed E-state index contributed by atoms with van der Waals surface area (Å²) in [7, 11) is 2.17. The molecule has 2 aliphatic heterocycles. The zero-order valence-electron chi connectivity index (χ0n) is 19.6. The molecule has 1 unspecified atom stereocenters. The highest BCUT2D eigenvalue weighted by molar-refractivity contribution is 5.71. The number of nitrogens with zero attached hydrogens (tertiary/aromatic N) is 6. The molecule has 8 nitrogen and oxygen atoms in total. The van der Waals surface area contributed by atoms with E-state index in [4.69, 9.17) is 4.74 Å². The Kier molecular flexibility index (Phi) is 5.71. The zero-order chi connectivity index (χ0) is 23.8. The van der Waals surface area contributed by atoms with Gasteiger partial charge in [-0.25, -0.2) is 14.1 Å². The molecule has 1 atom stereocenters. The van der Waals surface area contributed by atoms with Crippen LogP contribution < -0.4 is 10.2 Å². The van der Waals surface area contributed by atoms with Crippen molar-refractivity contribution >= 4 is 17.2 Å². The predicted molar refractivity (Wildman–Crippen MR) is 133 cm³/mol. The van der Waals surface area contributed by atoms with E-state index in [9.17, 15) is 4.39 Å². The van der Waals surface area contributed by atoms with Crippen LogP contribution in [0.25, 0.3) is 5.69 Å². The fourth-order valence-electron chi connectivity index (χ4n) is 4.99. The number of hydrogen-bond acceptors (Lipinski definition) is 6. The molecule has 4 aromatic rings. The summed E-state index contributed by atoms with van der Waals surface area (Å²) in [5.41, 5.74) is 5.31.